The molecule has 128 valence electrons. The first-order chi connectivity index (χ1) is 11.5. The normalized spacial score (nSPS) is 24.8. The van der Waals surface area contributed by atoms with Gasteiger partial charge in [-0.05, 0) is 30.9 Å². The smallest absolute Gasteiger partial charge is 0.328 e. The second-order valence-corrected chi connectivity index (χ2v) is 7.06. The summed E-state index contributed by atoms with van der Waals surface area (Å²) in [5.41, 5.74) is 1.03. The van der Waals surface area contributed by atoms with Crippen LogP contribution in [0.2, 0.25) is 0 Å². The molecule has 0 spiro atoms. The molecule has 1 heterocycles. The lowest BCUT2D eigenvalue weighted by atomic mass is 9.93. The summed E-state index contributed by atoms with van der Waals surface area (Å²) in [7, 11) is 0. The topological polar surface area (TPSA) is 57.6 Å². The van der Waals surface area contributed by atoms with E-state index < -0.39 is 17.8 Å². The third-order valence-electron chi connectivity index (χ3n) is 4.63. The molecule has 1 N–H and O–H groups in total. The number of piperidine rings is 1. The van der Waals surface area contributed by atoms with Crippen molar-refractivity contribution < 1.29 is 19.1 Å². The number of halogens is 1. The fourth-order valence-corrected chi connectivity index (χ4v) is 3.50. The first-order valence-electron chi connectivity index (χ1n) is 8.11. The Hall–Kier alpha value is -1.66. The van der Waals surface area contributed by atoms with Crippen LogP contribution < -0.4 is 0 Å². The zero-order chi connectivity index (χ0) is 17.3. The molecule has 1 aromatic carbocycles. The highest BCUT2D eigenvalue weighted by Gasteiger charge is 2.40. The fourth-order valence-electron chi connectivity index (χ4n) is 3.23. The van der Waals surface area contributed by atoms with Gasteiger partial charge in [0.2, 0.25) is 0 Å². The second kappa shape index (κ2) is 7.07. The van der Waals surface area contributed by atoms with Crippen LogP contribution in [0.15, 0.2) is 35.9 Å². The zero-order valence-electron chi connectivity index (χ0n) is 13.2. The molecule has 1 saturated carbocycles. The Kier molecular flexibility index (Phi) is 5.06. The minimum Gasteiger partial charge on any atom is -0.478 e. The lowest BCUT2D eigenvalue weighted by molar-refractivity contribution is -0.131. The van der Waals surface area contributed by atoms with Crippen molar-refractivity contribution in [1.82, 2.24) is 4.90 Å². The summed E-state index contributed by atoms with van der Waals surface area (Å²) in [6.45, 7) is 0.903. The Morgan fingerprint density at radius 3 is 2.62 bits per heavy atom. The summed E-state index contributed by atoms with van der Waals surface area (Å²) in [6.07, 6.45) is 3.49. The van der Waals surface area contributed by atoms with E-state index >= 15 is 0 Å². The van der Waals surface area contributed by atoms with E-state index in [-0.39, 0.29) is 17.0 Å². The number of benzene rings is 1. The first kappa shape index (κ1) is 17.2. The maximum absolute atomic E-state index is 14.3. The lowest BCUT2D eigenvalue weighted by Gasteiger charge is -2.37. The van der Waals surface area contributed by atoms with Crippen molar-refractivity contribution in [2.45, 2.75) is 30.6 Å². The van der Waals surface area contributed by atoms with Crippen LogP contribution in [0.5, 0.6) is 0 Å². The van der Waals surface area contributed by atoms with Gasteiger partial charge in [0.15, 0.2) is 5.78 Å². The number of ketones is 1. The Bertz CT molecular complexity index is 687. The molecule has 0 amide bonds. The number of rotatable bonds is 5. The Balaban J connectivity index is 1.92. The van der Waals surface area contributed by atoms with Gasteiger partial charge in [-0.1, -0.05) is 18.2 Å². The van der Waals surface area contributed by atoms with E-state index in [4.69, 9.17) is 5.11 Å². The number of nitrogens with zero attached hydrogens (tertiary/aromatic N) is 1. The number of hydrogen-bond acceptors (Lipinski definition) is 4. The van der Waals surface area contributed by atoms with E-state index in [1.54, 1.807) is 18.2 Å². The summed E-state index contributed by atoms with van der Waals surface area (Å²) < 4.78 is 14.3. The van der Waals surface area contributed by atoms with Crippen molar-refractivity contribution in [3.8, 4) is 0 Å². The Morgan fingerprint density at radius 1 is 1.29 bits per heavy atom. The molecule has 1 aliphatic heterocycles. The highest BCUT2D eigenvalue weighted by molar-refractivity contribution is 7.81. The quantitative estimate of drug-likeness (QED) is 0.634. The van der Waals surface area contributed by atoms with Crippen molar-refractivity contribution in [2.24, 2.45) is 5.92 Å². The van der Waals surface area contributed by atoms with E-state index in [0.717, 1.165) is 18.9 Å². The van der Waals surface area contributed by atoms with Crippen LogP contribution in [0.1, 0.15) is 30.9 Å². The van der Waals surface area contributed by atoms with Gasteiger partial charge in [0, 0.05) is 35.9 Å². The van der Waals surface area contributed by atoms with Crippen LogP contribution in [0, 0.1) is 11.7 Å². The summed E-state index contributed by atoms with van der Waals surface area (Å²) in [5.74, 6) is -1.39. The summed E-state index contributed by atoms with van der Waals surface area (Å²) in [5, 5.41) is 8.88. The molecule has 1 aromatic rings. The molecule has 0 radical (unpaired) electrons. The molecule has 0 aromatic heterocycles. The van der Waals surface area contributed by atoms with Crippen LogP contribution in [0.25, 0.3) is 0 Å². The zero-order valence-corrected chi connectivity index (χ0v) is 14.1. The van der Waals surface area contributed by atoms with Crippen molar-refractivity contribution in [3.63, 3.8) is 0 Å². The molecule has 4 nitrogen and oxygen atoms in total. The van der Waals surface area contributed by atoms with Crippen LogP contribution in [0.4, 0.5) is 4.39 Å². The van der Waals surface area contributed by atoms with E-state index in [2.05, 4.69) is 12.6 Å². The summed E-state index contributed by atoms with van der Waals surface area (Å²) in [6, 6.07) is 5.69. The Morgan fingerprint density at radius 2 is 2.00 bits per heavy atom. The Labute approximate surface area is 145 Å². The maximum atomic E-state index is 14.3. The molecule has 2 fully saturated rings. The van der Waals surface area contributed by atoms with Crippen LogP contribution >= 0.6 is 12.6 Å². The van der Waals surface area contributed by atoms with Gasteiger partial charge in [0.25, 0.3) is 0 Å². The molecule has 3 rings (SSSR count). The van der Waals surface area contributed by atoms with Gasteiger partial charge in [-0.15, -0.1) is 0 Å². The molecule has 1 aliphatic carbocycles. The largest absolute Gasteiger partial charge is 0.478 e. The third kappa shape index (κ3) is 3.70. The standard InChI is InChI=1S/C18H20FNO3S/c19-14-4-2-1-3-13(14)17(18(23)11-5-6-11)20-8-7-15(24)12(10-20)9-16(21)22/h1-4,9,11,15,17,24H,5-8,10H2,(H,21,22)/b12-9-/t15?,17-/m0/s1. The monoisotopic (exact) mass is 349 g/mol. The maximum Gasteiger partial charge on any atom is 0.328 e. The molecular formula is C18H20FNO3S. The number of carbonyl (C=O) groups excluding carboxylic acids is 1. The average molecular weight is 349 g/mol. The van der Waals surface area contributed by atoms with E-state index in [9.17, 15) is 14.0 Å². The molecule has 0 bridgehead atoms. The van der Waals surface area contributed by atoms with E-state index in [1.807, 2.05) is 4.90 Å². The van der Waals surface area contributed by atoms with E-state index in [1.165, 1.54) is 6.07 Å². The lowest BCUT2D eigenvalue weighted by Crippen LogP contribution is -2.42. The fraction of sp³-hybridized carbons (Fsp3) is 0.444. The minimum absolute atomic E-state index is 0.00441. The highest BCUT2D eigenvalue weighted by Crippen LogP contribution is 2.39. The van der Waals surface area contributed by atoms with Gasteiger partial charge in [-0.25, -0.2) is 9.18 Å². The van der Waals surface area contributed by atoms with Gasteiger partial charge < -0.3 is 5.11 Å². The highest BCUT2D eigenvalue weighted by atomic mass is 32.1. The predicted octanol–water partition coefficient (Wildman–Crippen LogP) is 2.86. The van der Waals surface area contributed by atoms with Crippen molar-refractivity contribution >= 4 is 24.4 Å². The predicted molar refractivity (Wildman–Crippen MR) is 91.6 cm³/mol. The van der Waals surface area contributed by atoms with Crippen LogP contribution in [-0.2, 0) is 9.59 Å². The first-order valence-corrected chi connectivity index (χ1v) is 8.62. The van der Waals surface area contributed by atoms with Crippen molar-refractivity contribution in [1.29, 1.82) is 0 Å². The minimum atomic E-state index is -1.03. The number of carboxylic acid groups (broad SMARTS) is 1. The summed E-state index contributed by atoms with van der Waals surface area (Å²) in [4.78, 5) is 25.7. The molecule has 2 atom stereocenters. The van der Waals surface area contributed by atoms with Crippen molar-refractivity contribution in [3.05, 3.63) is 47.3 Å². The van der Waals surface area contributed by atoms with Crippen LogP contribution in [-0.4, -0.2) is 40.1 Å². The SMILES string of the molecule is O=C(O)/C=C1/CN([C@H](C(=O)C2CC2)c2ccccc2F)CCC1S. The number of thiol groups is 1. The second-order valence-electron chi connectivity index (χ2n) is 6.43. The van der Waals surface area contributed by atoms with E-state index in [0.29, 0.717) is 30.6 Å². The molecular weight excluding hydrogens is 329 g/mol. The number of carboxylic acids is 1. The van der Waals surface area contributed by atoms with Gasteiger partial charge in [0.1, 0.15) is 5.82 Å². The van der Waals surface area contributed by atoms with Crippen LogP contribution in [0.3, 0.4) is 0 Å². The number of hydrogen-bond donors (Lipinski definition) is 2. The number of carbonyl (C=O) groups is 2. The summed E-state index contributed by atoms with van der Waals surface area (Å²) >= 11 is 4.44. The number of likely N-dealkylation sites (tertiary alicyclic amines) is 1. The van der Waals surface area contributed by atoms with Crippen molar-refractivity contribution in [2.75, 3.05) is 13.1 Å². The molecule has 1 saturated heterocycles. The van der Waals surface area contributed by atoms with Gasteiger partial charge in [-0.2, -0.15) is 12.6 Å². The average Bonchev–Trinajstić information content (AvgIpc) is 3.36. The van der Waals surface area contributed by atoms with Gasteiger partial charge in [-0.3, -0.25) is 9.69 Å². The van der Waals surface area contributed by atoms with Gasteiger partial charge >= 0.3 is 5.97 Å². The molecule has 1 unspecified atom stereocenters. The molecule has 6 heteroatoms. The van der Waals surface area contributed by atoms with Gasteiger partial charge in [0.05, 0.1) is 6.04 Å². The molecule has 24 heavy (non-hydrogen) atoms. The molecule has 2 aliphatic rings. The number of aliphatic carboxylic acids is 1. The third-order valence-corrected chi connectivity index (χ3v) is 5.22. The number of Topliss-reactive ketones (excluding diaryl/α,β-unsaturated/α-hetero) is 1.